The molecule has 0 aromatic carbocycles. The lowest BCUT2D eigenvalue weighted by Crippen LogP contribution is -2.52. The molecule has 0 aliphatic carbocycles. The van der Waals surface area contributed by atoms with Crippen LogP contribution in [0.25, 0.3) is 0 Å². The molecule has 2 fully saturated rings. The fourth-order valence-electron chi connectivity index (χ4n) is 3.24. The molecular formula is C13H26N4O2. The molecule has 3 N–H and O–H groups in total. The summed E-state index contributed by atoms with van der Waals surface area (Å²) in [5, 5.41) is 0. The molecule has 6 heteroatoms. The van der Waals surface area contributed by atoms with E-state index in [-0.39, 0.29) is 17.9 Å². The van der Waals surface area contributed by atoms with Crippen LogP contribution in [0, 0.1) is 5.92 Å². The van der Waals surface area contributed by atoms with Crippen LogP contribution in [-0.2, 0) is 9.53 Å². The summed E-state index contributed by atoms with van der Waals surface area (Å²) in [6.45, 7) is 9.74. The van der Waals surface area contributed by atoms with Gasteiger partial charge in [0.05, 0.1) is 19.3 Å². The maximum atomic E-state index is 11.9. The van der Waals surface area contributed by atoms with E-state index < -0.39 is 0 Å². The zero-order valence-electron chi connectivity index (χ0n) is 12.0. The Kier molecular flexibility index (Phi) is 5.15. The zero-order chi connectivity index (χ0) is 13.8. The largest absolute Gasteiger partial charge is 0.379 e. The predicted molar refractivity (Wildman–Crippen MR) is 73.3 cm³/mol. The minimum absolute atomic E-state index is 0.0716. The minimum Gasteiger partial charge on any atom is -0.379 e. The van der Waals surface area contributed by atoms with Gasteiger partial charge < -0.3 is 4.74 Å². The molecule has 0 aromatic heterocycles. The molecule has 2 aliphatic heterocycles. The number of morpholine rings is 1. The van der Waals surface area contributed by atoms with Gasteiger partial charge in [-0.3, -0.25) is 20.0 Å². The number of hydrogen-bond acceptors (Lipinski definition) is 5. The summed E-state index contributed by atoms with van der Waals surface area (Å²) in [4.78, 5) is 16.7. The molecule has 0 saturated carbocycles. The highest BCUT2D eigenvalue weighted by molar-refractivity contribution is 5.81. The summed E-state index contributed by atoms with van der Waals surface area (Å²) >= 11 is 0. The van der Waals surface area contributed by atoms with Crippen molar-refractivity contribution in [2.75, 3.05) is 39.4 Å². The van der Waals surface area contributed by atoms with Crippen molar-refractivity contribution in [2.45, 2.75) is 32.4 Å². The fourth-order valence-corrected chi connectivity index (χ4v) is 3.24. The number of hydrogen-bond donors (Lipinski definition) is 2. The Balaban J connectivity index is 1.93. The molecule has 19 heavy (non-hydrogen) atoms. The molecule has 110 valence electrons. The maximum absolute atomic E-state index is 11.9. The first-order valence-corrected chi connectivity index (χ1v) is 7.19. The van der Waals surface area contributed by atoms with E-state index in [1.807, 2.05) is 0 Å². The highest BCUT2D eigenvalue weighted by atomic mass is 16.5. The Morgan fingerprint density at radius 2 is 2.00 bits per heavy atom. The molecule has 6 nitrogen and oxygen atoms in total. The summed E-state index contributed by atoms with van der Waals surface area (Å²) in [7, 11) is 0. The monoisotopic (exact) mass is 270 g/mol. The van der Waals surface area contributed by atoms with Gasteiger partial charge in [-0.25, -0.2) is 5.84 Å². The summed E-state index contributed by atoms with van der Waals surface area (Å²) < 4.78 is 5.39. The second kappa shape index (κ2) is 6.65. The number of amides is 1. The number of nitrogens with one attached hydrogen (secondary N) is 1. The Morgan fingerprint density at radius 1 is 1.32 bits per heavy atom. The molecule has 0 spiro atoms. The number of hydrazine groups is 1. The summed E-state index contributed by atoms with van der Waals surface area (Å²) in [6.07, 6.45) is 1.13. The molecule has 2 saturated heterocycles. The number of rotatable bonds is 4. The first kappa shape index (κ1) is 14.7. The van der Waals surface area contributed by atoms with Gasteiger partial charge in [0.15, 0.2) is 0 Å². The molecule has 2 heterocycles. The van der Waals surface area contributed by atoms with E-state index in [0.29, 0.717) is 6.04 Å². The van der Waals surface area contributed by atoms with Crippen molar-refractivity contribution in [1.82, 2.24) is 15.2 Å². The summed E-state index contributed by atoms with van der Waals surface area (Å²) in [5.74, 6) is 5.50. The Labute approximate surface area is 115 Å². The second-order valence-corrected chi connectivity index (χ2v) is 5.78. The summed E-state index contributed by atoms with van der Waals surface area (Å²) in [5.41, 5.74) is 2.30. The van der Waals surface area contributed by atoms with Gasteiger partial charge in [-0.1, -0.05) is 13.8 Å². The Bertz CT molecular complexity index is 305. The van der Waals surface area contributed by atoms with Gasteiger partial charge in [0.1, 0.15) is 0 Å². The van der Waals surface area contributed by atoms with Crippen molar-refractivity contribution in [1.29, 1.82) is 0 Å². The van der Waals surface area contributed by atoms with Crippen molar-refractivity contribution in [3.63, 3.8) is 0 Å². The van der Waals surface area contributed by atoms with Crippen LogP contribution >= 0.6 is 0 Å². The van der Waals surface area contributed by atoms with E-state index >= 15 is 0 Å². The van der Waals surface area contributed by atoms with Crippen molar-refractivity contribution in [3.05, 3.63) is 0 Å². The van der Waals surface area contributed by atoms with Gasteiger partial charge in [-0.2, -0.15) is 0 Å². The van der Waals surface area contributed by atoms with Crippen LogP contribution in [0.3, 0.4) is 0 Å². The minimum atomic E-state index is -0.115. The zero-order valence-corrected chi connectivity index (χ0v) is 12.0. The van der Waals surface area contributed by atoms with Crippen LogP contribution in [0.1, 0.15) is 20.3 Å². The molecule has 2 rings (SSSR count). The van der Waals surface area contributed by atoms with Gasteiger partial charge in [0.2, 0.25) is 0 Å². The second-order valence-electron chi connectivity index (χ2n) is 5.78. The van der Waals surface area contributed by atoms with E-state index in [2.05, 4.69) is 29.1 Å². The highest BCUT2D eigenvalue weighted by Crippen LogP contribution is 2.22. The molecule has 0 bridgehead atoms. The smallest absolute Gasteiger partial charge is 0.251 e. The third-order valence-corrected chi connectivity index (χ3v) is 4.19. The van der Waals surface area contributed by atoms with Gasteiger partial charge in [-0.05, 0) is 12.3 Å². The quantitative estimate of drug-likeness (QED) is 0.406. The lowest BCUT2D eigenvalue weighted by atomic mass is 10.0. The highest BCUT2D eigenvalue weighted by Gasteiger charge is 2.36. The third kappa shape index (κ3) is 3.45. The maximum Gasteiger partial charge on any atom is 0.251 e. The topological polar surface area (TPSA) is 70.8 Å². The number of likely N-dealkylation sites (tertiary alicyclic amines) is 1. The van der Waals surface area contributed by atoms with Gasteiger partial charge >= 0.3 is 0 Å². The number of nitrogens with zero attached hydrogens (tertiary/aromatic N) is 2. The van der Waals surface area contributed by atoms with Crippen LogP contribution in [-0.4, -0.2) is 67.2 Å². The van der Waals surface area contributed by atoms with E-state index in [1.165, 1.54) is 0 Å². The van der Waals surface area contributed by atoms with Crippen LogP contribution in [0.5, 0.6) is 0 Å². The molecule has 1 amide bonds. The first-order chi connectivity index (χ1) is 9.13. The van der Waals surface area contributed by atoms with Crippen molar-refractivity contribution < 1.29 is 9.53 Å². The van der Waals surface area contributed by atoms with Crippen LogP contribution in [0.4, 0.5) is 0 Å². The lowest BCUT2D eigenvalue weighted by Gasteiger charge is -2.33. The van der Waals surface area contributed by atoms with Crippen LogP contribution in [0.15, 0.2) is 0 Å². The van der Waals surface area contributed by atoms with Crippen molar-refractivity contribution in [3.8, 4) is 0 Å². The van der Waals surface area contributed by atoms with Crippen molar-refractivity contribution in [2.24, 2.45) is 11.8 Å². The molecular weight excluding hydrogens is 244 g/mol. The average Bonchev–Trinajstić information content (AvgIpc) is 2.88. The fraction of sp³-hybridized carbons (Fsp3) is 0.923. The van der Waals surface area contributed by atoms with E-state index in [4.69, 9.17) is 10.6 Å². The van der Waals surface area contributed by atoms with Gasteiger partial charge in [0, 0.05) is 32.2 Å². The molecule has 2 unspecified atom stereocenters. The van der Waals surface area contributed by atoms with Crippen LogP contribution < -0.4 is 11.3 Å². The standard InChI is InChI=1S/C13H26N4O2/c1-10(2)12(13(18)15-14)17-4-3-11(9-17)16-5-7-19-8-6-16/h10-12H,3-9,14H2,1-2H3,(H,15,18). The van der Waals surface area contributed by atoms with E-state index in [0.717, 1.165) is 45.8 Å². The number of carbonyl (C=O) groups excluding carboxylic acids is 1. The third-order valence-electron chi connectivity index (χ3n) is 4.19. The van der Waals surface area contributed by atoms with E-state index in [9.17, 15) is 4.79 Å². The van der Waals surface area contributed by atoms with E-state index in [1.54, 1.807) is 0 Å². The number of carbonyl (C=O) groups is 1. The molecule has 2 aliphatic rings. The Morgan fingerprint density at radius 3 is 2.58 bits per heavy atom. The van der Waals surface area contributed by atoms with Gasteiger partial charge in [-0.15, -0.1) is 0 Å². The van der Waals surface area contributed by atoms with Crippen LogP contribution in [0.2, 0.25) is 0 Å². The average molecular weight is 270 g/mol. The summed E-state index contributed by atoms with van der Waals surface area (Å²) in [6, 6.07) is 0.437. The normalized spacial score (nSPS) is 27.7. The van der Waals surface area contributed by atoms with Crippen molar-refractivity contribution >= 4 is 5.91 Å². The molecule has 0 radical (unpaired) electrons. The first-order valence-electron chi connectivity index (χ1n) is 7.19. The molecule has 2 atom stereocenters. The number of ether oxygens (including phenoxy) is 1. The predicted octanol–water partition coefficient (Wildman–Crippen LogP) is -0.593. The molecule has 0 aromatic rings. The SMILES string of the molecule is CC(C)C(C(=O)NN)N1CCC(N2CCOCC2)C1. The number of nitrogens with two attached hydrogens (primary N) is 1. The lowest BCUT2D eigenvalue weighted by molar-refractivity contribution is -0.127. The Hall–Kier alpha value is -0.690. The van der Waals surface area contributed by atoms with Gasteiger partial charge in [0.25, 0.3) is 5.91 Å².